The van der Waals surface area contributed by atoms with Gasteiger partial charge >= 0.3 is 35.6 Å². The molecule has 0 aromatic rings. The van der Waals surface area contributed by atoms with Crippen LogP contribution in [-0.4, -0.2) is 40.9 Å². The van der Waals surface area contributed by atoms with Gasteiger partial charge < -0.3 is 10.6 Å². The van der Waals surface area contributed by atoms with Crippen LogP contribution in [0.15, 0.2) is 16.7 Å². The van der Waals surface area contributed by atoms with Crippen molar-refractivity contribution in [2.45, 2.75) is 45.8 Å². The van der Waals surface area contributed by atoms with E-state index in [1.165, 1.54) is 11.1 Å². The molecule has 6 heteroatoms. The first-order chi connectivity index (χ1) is 9.58. The van der Waals surface area contributed by atoms with Crippen LogP contribution in [-0.2, 0) is 17.0 Å². The van der Waals surface area contributed by atoms with Gasteiger partial charge in [0.15, 0.2) is 0 Å². The van der Waals surface area contributed by atoms with Gasteiger partial charge in [-0.25, -0.2) is 5.57 Å². The van der Waals surface area contributed by atoms with Gasteiger partial charge in [-0.05, 0) is 14.1 Å². The van der Waals surface area contributed by atoms with Crippen molar-refractivity contribution in [2.24, 2.45) is 5.73 Å². The van der Waals surface area contributed by atoms with Crippen molar-refractivity contribution < 1.29 is 17.0 Å². The molecule has 2 N–H and O–H groups in total. The van der Waals surface area contributed by atoms with E-state index >= 15 is 0 Å². The fourth-order valence-electron chi connectivity index (χ4n) is 2.08. The number of hydrogen-bond acceptors (Lipinski definition) is 2. The summed E-state index contributed by atoms with van der Waals surface area (Å²) >= 11 is -0.556. The molecule has 0 aromatic heterocycles. The van der Waals surface area contributed by atoms with Crippen molar-refractivity contribution in [1.29, 1.82) is 0 Å². The van der Waals surface area contributed by atoms with Crippen LogP contribution in [0.4, 0.5) is 0 Å². The van der Waals surface area contributed by atoms with Crippen molar-refractivity contribution in [3.63, 3.8) is 0 Å². The van der Waals surface area contributed by atoms with Crippen molar-refractivity contribution >= 4 is 27.4 Å². The van der Waals surface area contributed by atoms with Crippen molar-refractivity contribution in [1.82, 2.24) is 4.90 Å². The van der Waals surface area contributed by atoms with Crippen molar-refractivity contribution in [2.75, 3.05) is 27.2 Å². The van der Waals surface area contributed by atoms with Crippen LogP contribution in [0.2, 0.25) is 18.1 Å². The summed E-state index contributed by atoms with van der Waals surface area (Å²) in [5, 5.41) is 0.328. The minimum atomic E-state index is -0.663. The van der Waals surface area contributed by atoms with Gasteiger partial charge in [0.25, 0.3) is 0 Å². The number of nitrogens with two attached hydrogens (primary N) is 1. The predicted molar refractivity (Wildman–Crippen MR) is 97.4 cm³/mol. The summed E-state index contributed by atoms with van der Waals surface area (Å²) in [6.45, 7) is 15.6. The molecule has 1 unspecified atom stereocenters. The van der Waals surface area contributed by atoms with E-state index in [9.17, 15) is 0 Å². The quantitative estimate of drug-likeness (QED) is 0.582. The van der Waals surface area contributed by atoms with Gasteiger partial charge in [0.2, 0.25) is 0 Å². The van der Waals surface area contributed by atoms with E-state index in [0.717, 1.165) is 13.1 Å². The van der Waals surface area contributed by atoms with Gasteiger partial charge in [-0.3, -0.25) is 6.08 Å². The second-order valence-electron chi connectivity index (χ2n) is 6.02. The SMILES string of the molecule is CC1=[C-]C(C)([SiH](C)C)C(C)=C1C.CN(C)CCN.[Cl][Ti][Cl]. The molecule has 1 rings (SSSR count). The average Bonchev–Trinajstić information content (AvgIpc) is 2.56. The van der Waals surface area contributed by atoms with Crippen LogP contribution in [0, 0.1) is 6.08 Å². The van der Waals surface area contributed by atoms with Gasteiger partial charge in [0.1, 0.15) is 0 Å². The Morgan fingerprint density at radius 3 is 1.76 bits per heavy atom. The Balaban J connectivity index is 0. The summed E-state index contributed by atoms with van der Waals surface area (Å²) in [4.78, 5) is 2.06. The summed E-state index contributed by atoms with van der Waals surface area (Å²) in [5.41, 5.74) is 9.59. The summed E-state index contributed by atoms with van der Waals surface area (Å²) in [6, 6.07) is 0. The number of halogens is 2. The first-order valence-corrected chi connectivity index (χ1v) is 14.4. The van der Waals surface area contributed by atoms with Crippen LogP contribution in [0.5, 0.6) is 0 Å². The molecule has 124 valence electrons. The molecule has 0 bridgehead atoms. The van der Waals surface area contributed by atoms with E-state index in [4.69, 9.17) is 24.3 Å². The fraction of sp³-hybridized carbons (Fsp3) is 0.733. The maximum atomic E-state index is 5.19. The Morgan fingerprint density at radius 1 is 1.24 bits per heavy atom. The van der Waals surface area contributed by atoms with Crippen LogP contribution in [0.25, 0.3) is 0 Å². The van der Waals surface area contributed by atoms with E-state index in [0.29, 0.717) is 5.04 Å². The average molecular weight is 386 g/mol. The molecule has 2 nitrogen and oxygen atoms in total. The fourth-order valence-corrected chi connectivity index (χ4v) is 3.67. The maximum absolute atomic E-state index is 5.19. The molecule has 1 aliphatic carbocycles. The van der Waals surface area contributed by atoms with Gasteiger partial charge in [-0.2, -0.15) is 11.1 Å². The summed E-state index contributed by atoms with van der Waals surface area (Å²) in [6.07, 6.45) is 3.63. The molecular formula is C15H31Cl2N2SiTi-. The van der Waals surface area contributed by atoms with E-state index in [1.807, 2.05) is 14.1 Å². The molecule has 0 aromatic carbocycles. The number of allylic oxidation sites excluding steroid dienone is 4. The van der Waals surface area contributed by atoms with Crippen LogP contribution < -0.4 is 5.73 Å². The zero-order valence-corrected chi connectivity index (χ0v) is 19.0. The normalized spacial score (nSPS) is 20.7. The molecular weight excluding hydrogens is 355 g/mol. The number of likely N-dealkylation sites (N-methyl/N-ethyl adjacent to an activating group) is 1. The Morgan fingerprint density at radius 2 is 1.67 bits per heavy atom. The Bertz CT molecular complexity index is 358. The molecule has 0 heterocycles. The third-order valence-corrected chi connectivity index (χ3v) is 6.97. The third kappa shape index (κ3) is 8.95. The van der Waals surface area contributed by atoms with E-state index < -0.39 is 25.8 Å². The Hall–Kier alpha value is 0.911. The Kier molecular flexibility index (Phi) is 14.2. The molecule has 0 radical (unpaired) electrons. The molecule has 1 aliphatic rings. The first-order valence-electron chi connectivity index (χ1n) is 7.19. The standard InChI is InChI=1S/C11H19Si.C4H12N2.2ClH.Ti/c1-8-7-11(4,12(5)6)10(3)9(8)2;1-6(2)4-3-5;;;/h12H,1-6H3;3-5H2,1-2H3;2*1H;/q-1;;;;+2/p-2. The van der Waals surface area contributed by atoms with E-state index in [1.54, 1.807) is 5.57 Å². The molecule has 0 amide bonds. The van der Waals surface area contributed by atoms with E-state index in [2.05, 4.69) is 51.8 Å². The predicted octanol–water partition coefficient (Wildman–Crippen LogP) is 4.22. The third-order valence-electron chi connectivity index (χ3n) is 4.08. The molecule has 0 aliphatic heterocycles. The van der Waals surface area contributed by atoms with Gasteiger partial charge in [-0.15, -0.1) is 6.92 Å². The second-order valence-corrected chi connectivity index (χ2v) is 12.1. The topological polar surface area (TPSA) is 29.3 Å². The molecule has 21 heavy (non-hydrogen) atoms. The zero-order valence-electron chi connectivity index (χ0n) is 14.8. The molecule has 0 spiro atoms. The van der Waals surface area contributed by atoms with Crippen molar-refractivity contribution in [3.05, 3.63) is 22.8 Å². The molecule has 0 saturated heterocycles. The van der Waals surface area contributed by atoms with Crippen LogP contribution in [0.3, 0.4) is 0 Å². The first kappa shape index (κ1) is 24.2. The minimum absolute atomic E-state index is 0.328. The summed E-state index contributed by atoms with van der Waals surface area (Å²) in [5.74, 6) is 0. The summed E-state index contributed by atoms with van der Waals surface area (Å²) in [7, 11) is 13.1. The van der Waals surface area contributed by atoms with Gasteiger partial charge in [-0.1, -0.05) is 38.9 Å². The zero-order chi connectivity index (χ0) is 17.2. The van der Waals surface area contributed by atoms with E-state index in [-0.39, 0.29) is 0 Å². The number of nitrogens with zero attached hydrogens (tertiary/aromatic N) is 1. The number of rotatable bonds is 3. The summed E-state index contributed by atoms with van der Waals surface area (Å²) < 4.78 is 0. The Labute approximate surface area is 150 Å². The second kappa shape index (κ2) is 12.3. The van der Waals surface area contributed by atoms with Crippen LogP contribution >= 0.6 is 18.6 Å². The molecule has 0 saturated carbocycles. The molecule has 0 fully saturated rings. The van der Waals surface area contributed by atoms with Gasteiger partial charge in [0.05, 0.1) is 0 Å². The van der Waals surface area contributed by atoms with Gasteiger partial charge in [0, 0.05) is 21.9 Å². The molecule has 1 atom stereocenters. The van der Waals surface area contributed by atoms with Crippen molar-refractivity contribution in [3.8, 4) is 0 Å². The number of hydrogen-bond donors (Lipinski definition) is 1. The monoisotopic (exact) mass is 385 g/mol. The van der Waals surface area contributed by atoms with Crippen LogP contribution in [0.1, 0.15) is 27.7 Å².